The smallest absolute Gasteiger partial charge is 0.239 e. The number of amides is 3. The van der Waals surface area contributed by atoms with Gasteiger partial charge < -0.3 is 15.5 Å². The van der Waals surface area contributed by atoms with Gasteiger partial charge in [-0.2, -0.15) is 0 Å². The Labute approximate surface area is 171 Å². The lowest BCUT2D eigenvalue weighted by Gasteiger charge is -2.31. The van der Waals surface area contributed by atoms with Gasteiger partial charge in [-0.3, -0.25) is 14.4 Å². The highest BCUT2D eigenvalue weighted by molar-refractivity contribution is 5.91. The van der Waals surface area contributed by atoms with Crippen molar-refractivity contribution in [3.05, 3.63) is 48.0 Å². The normalized spacial score (nSPS) is 16.4. The Kier molecular flexibility index (Phi) is 7.22. The van der Waals surface area contributed by atoms with Crippen molar-refractivity contribution in [2.75, 3.05) is 26.2 Å². The second kappa shape index (κ2) is 10.0. The zero-order valence-corrected chi connectivity index (χ0v) is 16.9. The summed E-state index contributed by atoms with van der Waals surface area (Å²) in [5.41, 5.74) is 0.933. The first-order valence-corrected chi connectivity index (χ1v) is 10.3. The second-order valence-corrected chi connectivity index (χ2v) is 7.78. The Morgan fingerprint density at radius 3 is 2.66 bits per heavy atom. The number of carbonyl (C=O) groups is 3. The molecule has 2 aromatic rings. The summed E-state index contributed by atoms with van der Waals surface area (Å²) in [5, 5.41) is 7.50. The van der Waals surface area contributed by atoms with E-state index in [9.17, 15) is 14.4 Å². The molecular weight excluding hydrogens is 366 g/mol. The SMILES string of the molecule is CC1CCCN(C(=O)CCNC(=O)CNC(=O)Cc2cccc3ccccc23)C1. The average Bonchev–Trinajstić information content (AvgIpc) is 2.72. The minimum Gasteiger partial charge on any atom is -0.354 e. The number of hydrogen-bond donors (Lipinski definition) is 2. The van der Waals surface area contributed by atoms with E-state index in [0.717, 1.165) is 35.8 Å². The monoisotopic (exact) mass is 395 g/mol. The Hall–Kier alpha value is -2.89. The minimum atomic E-state index is -0.281. The Bertz CT molecular complexity index is 875. The van der Waals surface area contributed by atoms with E-state index >= 15 is 0 Å². The first kappa shape index (κ1) is 20.8. The topological polar surface area (TPSA) is 78.5 Å². The van der Waals surface area contributed by atoms with Gasteiger partial charge in [0.15, 0.2) is 0 Å². The first-order chi connectivity index (χ1) is 14.0. The fraction of sp³-hybridized carbons (Fsp3) is 0.435. The van der Waals surface area contributed by atoms with Crippen molar-refractivity contribution in [1.29, 1.82) is 0 Å². The zero-order chi connectivity index (χ0) is 20.6. The molecule has 1 aliphatic heterocycles. The summed E-state index contributed by atoms with van der Waals surface area (Å²) >= 11 is 0. The third-order valence-electron chi connectivity index (χ3n) is 5.35. The van der Waals surface area contributed by atoms with Gasteiger partial charge in [-0.15, -0.1) is 0 Å². The molecule has 6 nitrogen and oxygen atoms in total. The number of benzene rings is 2. The zero-order valence-electron chi connectivity index (χ0n) is 16.9. The van der Waals surface area contributed by atoms with Gasteiger partial charge in [0, 0.05) is 26.1 Å². The summed E-state index contributed by atoms with van der Waals surface area (Å²) in [6.07, 6.45) is 2.73. The fourth-order valence-electron chi connectivity index (χ4n) is 3.81. The Morgan fingerprint density at radius 2 is 1.83 bits per heavy atom. The van der Waals surface area contributed by atoms with Gasteiger partial charge in [0.25, 0.3) is 0 Å². The van der Waals surface area contributed by atoms with Crippen LogP contribution in [0, 0.1) is 5.92 Å². The van der Waals surface area contributed by atoms with E-state index in [0.29, 0.717) is 18.9 Å². The molecule has 2 aromatic carbocycles. The molecule has 6 heteroatoms. The molecule has 0 saturated carbocycles. The molecule has 29 heavy (non-hydrogen) atoms. The first-order valence-electron chi connectivity index (χ1n) is 10.3. The van der Waals surface area contributed by atoms with Crippen molar-refractivity contribution in [2.24, 2.45) is 5.92 Å². The molecule has 0 spiro atoms. The van der Waals surface area contributed by atoms with Crippen LogP contribution in [0.2, 0.25) is 0 Å². The number of nitrogens with zero attached hydrogens (tertiary/aromatic N) is 1. The Morgan fingerprint density at radius 1 is 1.03 bits per heavy atom. The maximum Gasteiger partial charge on any atom is 0.239 e. The lowest BCUT2D eigenvalue weighted by molar-refractivity contribution is -0.133. The Balaban J connectivity index is 1.38. The summed E-state index contributed by atoms with van der Waals surface area (Å²) in [4.78, 5) is 38.3. The fourth-order valence-corrected chi connectivity index (χ4v) is 3.81. The van der Waals surface area contributed by atoms with E-state index < -0.39 is 0 Å². The highest BCUT2D eigenvalue weighted by atomic mass is 16.2. The van der Waals surface area contributed by atoms with E-state index in [1.165, 1.54) is 6.42 Å². The van der Waals surface area contributed by atoms with Crippen LogP contribution in [-0.2, 0) is 20.8 Å². The van der Waals surface area contributed by atoms with Crippen LogP contribution in [0.1, 0.15) is 31.7 Å². The lowest BCUT2D eigenvalue weighted by Crippen LogP contribution is -2.42. The van der Waals surface area contributed by atoms with Crippen molar-refractivity contribution in [3.63, 3.8) is 0 Å². The second-order valence-electron chi connectivity index (χ2n) is 7.78. The molecule has 154 valence electrons. The molecule has 0 aromatic heterocycles. The van der Waals surface area contributed by atoms with Gasteiger partial charge in [-0.1, -0.05) is 49.4 Å². The van der Waals surface area contributed by atoms with Gasteiger partial charge in [0.1, 0.15) is 0 Å². The third-order valence-corrected chi connectivity index (χ3v) is 5.35. The quantitative estimate of drug-likeness (QED) is 0.755. The summed E-state index contributed by atoms with van der Waals surface area (Å²) in [7, 11) is 0. The predicted molar refractivity (Wildman–Crippen MR) is 113 cm³/mol. The molecule has 1 saturated heterocycles. The molecule has 1 fully saturated rings. The van der Waals surface area contributed by atoms with Crippen LogP contribution in [0.25, 0.3) is 10.8 Å². The molecule has 2 N–H and O–H groups in total. The minimum absolute atomic E-state index is 0.0804. The maximum absolute atomic E-state index is 12.2. The number of likely N-dealkylation sites (tertiary alicyclic amines) is 1. The van der Waals surface area contributed by atoms with Crippen molar-refractivity contribution >= 4 is 28.5 Å². The molecule has 0 radical (unpaired) electrons. The highest BCUT2D eigenvalue weighted by Gasteiger charge is 2.20. The molecule has 1 atom stereocenters. The van der Waals surface area contributed by atoms with Crippen molar-refractivity contribution in [3.8, 4) is 0 Å². The number of nitrogens with one attached hydrogen (secondary N) is 2. The summed E-state index contributed by atoms with van der Waals surface area (Å²) in [6, 6.07) is 13.8. The van der Waals surface area contributed by atoms with Crippen LogP contribution in [0.3, 0.4) is 0 Å². The highest BCUT2D eigenvalue weighted by Crippen LogP contribution is 2.19. The van der Waals surface area contributed by atoms with E-state index in [-0.39, 0.29) is 30.7 Å². The predicted octanol–water partition coefficient (Wildman–Crippen LogP) is 2.26. The average molecular weight is 396 g/mol. The van der Waals surface area contributed by atoms with Crippen LogP contribution < -0.4 is 10.6 Å². The standard InChI is InChI=1S/C23H29N3O3/c1-17-6-5-13-26(16-17)23(29)11-12-24-22(28)15-25-21(27)14-19-9-4-8-18-7-2-3-10-20(18)19/h2-4,7-10,17H,5-6,11-16H2,1H3,(H,24,28)(H,25,27). The van der Waals surface area contributed by atoms with Crippen molar-refractivity contribution in [2.45, 2.75) is 32.6 Å². The number of hydrogen-bond acceptors (Lipinski definition) is 3. The van der Waals surface area contributed by atoms with Gasteiger partial charge >= 0.3 is 0 Å². The molecule has 3 amide bonds. The number of rotatable bonds is 7. The van der Waals surface area contributed by atoms with Crippen LogP contribution in [0.15, 0.2) is 42.5 Å². The van der Waals surface area contributed by atoms with Crippen LogP contribution >= 0.6 is 0 Å². The van der Waals surface area contributed by atoms with Crippen molar-refractivity contribution in [1.82, 2.24) is 15.5 Å². The third kappa shape index (κ3) is 6.04. The van der Waals surface area contributed by atoms with Gasteiger partial charge in [0.05, 0.1) is 13.0 Å². The molecule has 1 heterocycles. The summed E-state index contributed by atoms with van der Waals surface area (Å²) < 4.78 is 0. The molecule has 1 unspecified atom stereocenters. The van der Waals surface area contributed by atoms with E-state index in [1.807, 2.05) is 47.4 Å². The molecule has 0 aliphatic carbocycles. The number of fused-ring (bicyclic) bond motifs is 1. The molecule has 0 bridgehead atoms. The lowest BCUT2D eigenvalue weighted by atomic mass is 10.00. The van der Waals surface area contributed by atoms with E-state index in [2.05, 4.69) is 17.6 Å². The number of carbonyl (C=O) groups excluding carboxylic acids is 3. The van der Waals surface area contributed by atoms with E-state index in [4.69, 9.17) is 0 Å². The molecular formula is C23H29N3O3. The van der Waals surface area contributed by atoms with E-state index in [1.54, 1.807) is 0 Å². The van der Waals surface area contributed by atoms with Gasteiger partial charge in [-0.25, -0.2) is 0 Å². The van der Waals surface area contributed by atoms with Gasteiger partial charge in [-0.05, 0) is 35.1 Å². The number of piperidine rings is 1. The summed E-state index contributed by atoms with van der Waals surface area (Å²) in [6.45, 7) is 3.97. The van der Waals surface area contributed by atoms with Crippen LogP contribution in [-0.4, -0.2) is 48.8 Å². The van der Waals surface area contributed by atoms with Gasteiger partial charge in [0.2, 0.25) is 17.7 Å². The molecule has 1 aliphatic rings. The van der Waals surface area contributed by atoms with Crippen LogP contribution in [0.4, 0.5) is 0 Å². The van der Waals surface area contributed by atoms with Crippen LogP contribution in [0.5, 0.6) is 0 Å². The van der Waals surface area contributed by atoms with Crippen molar-refractivity contribution < 1.29 is 14.4 Å². The maximum atomic E-state index is 12.2. The largest absolute Gasteiger partial charge is 0.354 e. The molecule has 3 rings (SSSR count). The summed E-state index contributed by atoms with van der Waals surface area (Å²) in [5.74, 6) is 0.141.